The Labute approximate surface area is 211 Å². The van der Waals surface area contributed by atoms with E-state index in [0.29, 0.717) is 22.5 Å². The van der Waals surface area contributed by atoms with E-state index in [1.165, 1.54) is 37.5 Å². The maximum Gasteiger partial charge on any atom is 0.417 e. The van der Waals surface area contributed by atoms with E-state index in [1.807, 2.05) is 6.92 Å². The molecule has 1 atom stereocenters. The van der Waals surface area contributed by atoms with Gasteiger partial charge in [-0.1, -0.05) is 37.1 Å². The van der Waals surface area contributed by atoms with Crippen molar-refractivity contribution >= 4 is 17.5 Å². The lowest BCUT2D eigenvalue weighted by atomic mass is 9.96. The van der Waals surface area contributed by atoms with Crippen LogP contribution in [-0.4, -0.2) is 23.0 Å². The number of rotatable bonds is 7. The van der Waals surface area contributed by atoms with Crippen LogP contribution in [0.2, 0.25) is 0 Å². The monoisotopic (exact) mass is 516 g/mol. The molecular formula is C26H27F3N4O4. The van der Waals surface area contributed by atoms with Gasteiger partial charge in [-0.15, -0.1) is 0 Å². The molecule has 0 radical (unpaired) electrons. The molecule has 196 valence electrons. The molecular weight excluding hydrogens is 489 g/mol. The van der Waals surface area contributed by atoms with Crippen LogP contribution in [-0.2, 0) is 17.4 Å². The number of anilines is 1. The average molecular weight is 517 g/mol. The Morgan fingerprint density at radius 1 is 1.19 bits per heavy atom. The molecule has 0 saturated heterocycles. The van der Waals surface area contributed by atoms with Crippen LogP contribution >= 0.6 is 0 Å². The standard InChI is InChI=1S/C26H27F3N4O4/c1-3-21-19(14-37-32-21)24(34)31-23(17-6-4-5-7-17)25(35)30-18-10-8-16(9-11-18)22-15(2)33(36)13-12-20(22)26(27,28)29/h8-14,17,23H,3-7H2,1-2H3,(H,30,35)(H,31,34)/t23-/m0/s1. The van der Waals surface area contributed by atoms with Crippen LogP contribution in [0, 0.1) is 18.0 Å². The van der Waals surface area contributed by atoms with Gasteiger partial charge in [-0.25, -0.2) is 0 Å². The number of carbonyl (C=O) groups is 2. The zero-order valence-corrected chi connectivity index (χ0v) is 20.4. The van der Waals surface area contributed by atoms with Crippen molar-refractivity contribution in [2.45, 2.75) is 58.2 Å². The van der Waals surface area contributed by atoms with Gasteiger partial charge in [-0.2, -0.15) is 17.9 Å². The molecule has 1 aromatic carbocycles. The Kier molecular flexibility index (Phi) is 7.51. The van der Waals surface area contributed by atoms with E-state index in [-0.39, 0.29) is 28.3 Å². The van der Waals surface area contributed by atoms with Gasteiger partial charge in [0.2, 0.25) is 5.91 Å². The molecule has 2 heterocycles. The van der Waals surface area contributed by atoms with Crippen LogP contribution in [0.5, 0.6) is 0 Å². The topological polar surface area (TPSA) is 111 Å². The molecule has 11 heteroatoms. The molecule has 0 spiro atoms. The van der Waals surface area contributed by atoms with Gasteiger partial charge in [0.05, 0.1) is 16.8 Å². The molecule has 3 aromatic rings. The lowest BCUT2D eigenvalue weighted by Crippen LogP contribution is -2.48. The minimum atomic E-state index is -4.64. The predicted molar refractivity (Wildman–Crippen MR) is 128 cm³/mol. The third kappa shape index (κ3) is 5.60. The van der Waals surface area contributed by atoms with Crippen molar-refractivity contribution in [2.24, 2.45) is 5.92 Å². The highest BCUT2D eigenvalue weighted by Crippen LogP contribution is 2.38. The summed E-state index contributed by atoms with van der Waals surface area (Å²) in [6, 6.07) is 5.72. The van der Waals surface area contributed by atoms with Crippen molar-refractivity contribution in [3.05, 3.63) is 70.5 Å². The van der Waals surface area contributed by atoms with Gasteiger partial charge in [-0.3, -0.25) is 9.59 Å². The second-order valence-electron chi connectivity index (χ2n) is 9.10. The molecule has 0 aliphatic heterocycles. The number of nitrogens with one attached hydrogen (secondary N) is 2. The third-order valence-corrected chi connectivity index (χ3v) is 6.75. The van der Waals surface area contributed by atoms with E-state index in [9.17, 15) is 28.0 Å². The first-order chi connectivity index (χ1) is 17.6. The fourth-order valence-corrected chi connectivity index (χ4v) is 4.79. The molecule has 2 amide bonds. The average Bonchev–Trinajstić information content (AvgIpc) is 3.56. The van der Waals surface area contributed by atoms with Crippen molar-refractivity contribution in [1.82, 2.24) is 10.5 Å². The third-order valence-electron chi connectivity index (χ3n) is 6.75. The number of aromatic nitrogens is 2. The molecule has 2 N–H and O–H groups in total. The maximum atomic E-state index is 13.6. The van der Waals surface area contributed by atoms with Crippen molar-refractivity contribution in [3.8, 4) is 11.1 Å². The van der Waals surface area contributed by atoms with Crippen LogP contribution in [0.1, 0.15) is 59.9 Å². The highest BCUT2D eigenvalue weighted by Gasteiger charge is 2.37. The summed E-state index contributed by atoms with van der Waals surface area (Å²) < 4.78 is 46.0. The summed E-state index contributed by atoms with van der Waals surface area (Å²) in [4.78, 5) is 26.1. The predicted octanol–water partition coefficient (Wildman–Crippen LogP) is 4.79. The van der Waals surface area contributed by atoms with Gasteiger partial charge in [0, 0.05) is 18.7 Å². The molecule has 2 aromatic heterocycles. The van der Waals surface area contributed by atoms with Crippen LogP contribution < -0.4 is 15.4 Å². The Hall–Kier alpha value is -3.89. The summed E-state index contributed by atoms with van der Waals surface area (Å²) in [5, 5.41) is 21.4. The number of benzene rings is 1. The Morgan fingerprint density at radius 3 is 2.49 bits per heavy atom. The van der Waals surface area contributed by atoms with E-state index < -0.39 is 29.6 Å². The lowest BCUT2D eigenvalue weighted by molar-refractivity contribution is -0.611. The smallest absolute Gasteiger partial charge is 0.417 e. The Bertz CT molecular complexity index is 1280. The van der Waals surface area contributed by atoms with E-state index in [2.05, 4.69) is 15.8 Å². The first kappa shape index (κ1) is 26.2. The number of aryl methyl sites for hydroxylation is 1. The van der Waals surface area contributed by atoms with Crippen molar-refractivity contribution in [3.63, 3.8) is 0 Å². The number of amides is 2. The Morgan fingerprint density at radius 2 is 1.86 bits per heavy atom. The van der Waals surface area contributed by atoms with Crippen LogP contribution in [0.25, 0.3) is 11.1 Å². The van der Waals surface area contributed by atoms with Gasteiger partial charge >= 0.3 is 6.18 Å². The largest absolute Gasteiger partial charge is 0.618 e. The molecule has 1 aliphatic rings. The van der Waals surface area contributed by atoms with E-state index in [1.54, 1.807) is 0 Å². The van der Waals surface area contributed by atoms with E-state index >= 15 is 0 Å². The molecule has 1 saturated carbocycles. The minimum absolute atomic E-state index is 0.0537. The molecule has 0 bridgehead atoms. The zero-order valence-electron chi connectivity index (χ0n) is 20.4. The SMILES string of the molecule is CCc1nocc1C(=O)N[C@H](C(=O)Nc1ccc(-c2c(C(F)(F)F)cc[n+]([O-])c2C)cc1)C1CCCC1. The number of hydrogen-bond donors (Lipinski definition) is 2. The number of nitrogens with zero attached hydrogens (tertiary/aromatic N) is 2. The van der Waals surface area contributed by atoms with Crippen LogP contribution in [0.3, 0.4) is 0 Å². The quantitative estimate of drug-likeness (QED) is 0.347. The fraction of sp³-hybridized carbons (Fsp3) is 0.385. The number of alkyl halides is 3. The molecule has 1 aliphatic carbocycles. The van der Waals surface area contributed by atoms with E-state index in [0.717, 1.165) is 37.9 Å². The molecule has 37 heavy (non-hydrogen) atoms. The van der Waals surface area contributed by atoms with Crippen LogP contribution in [0.15, 0.2) is 47.3 Å². The number of carbonyl (C=O) groups excluding carboxylic acids is 2. The Balaban J connectivity index is 1.55. The maximum absolute atomic E-state index is 13.6. The highest BCUT2D eigenvalue weighted by molar-refractivity contribution is 6.01. The minimum Gasteiger partial charge on any atom is -0.618 e. The fourth-order valence-electron chi connectivity index (χ4n) is 4.79. The number of pyridine rings is 1. The zero-order chi connectivity index (χ0) is 26.7. The van der Waals surface area contributed by atoms with Crippen LogP contribution in [0.4, 0.5) is 18.9 Å². The van der Waals surface area contributed by atoms with E-state index in [4.69, 9.17) is 4.52 Å². The second-order valence-corrected chi connectivity index (χ2v) is 9.10. The van der Waals surface area contributed by atoms with Gasteiger partial charge < -0.3 is 20.4 Å². The summed E-state index contributed by atoms with van der Waals surface area (Å²) >= 11 is 0. The first-order valence-electron chi connectivity index (χ1n) is 12.1. The number of hydrogen-bond acceptors (Lipinski definition) is 5. The van der Waals surface area contributed by atoms with Crippen molar-refractivity contribution < 1.29 is 32.0 Å². The summed E-state index contributed by atoms with van der Waals surface area (Å²) in [5.74, 6) is -0.931. The highest BCUT2D eigenvalue weighted by atomic mass is 19.4. The molecule has 1 fully saturated rings. The molecule has 4 rings (SSSR count). The normalized spacial score (nSPS) is 14.9. The second kappa shape index (κ2) is 10.6. The van der Waals surface area contributed by atoms with Gasteiger partial charge in [-0.05, 0) is 42.9 Å². The molecule has 8 nitrogen and oxygen atoms in total. The van der Waals surface area contributed by atoms with Crippen molar-refractivity contribution in [2.75, 3.05) is 5.32 Å². The number of halogens is 3. The van der Waals surface area contributed by atoms with Gasteiger partial charge in [0.25, 0.3) is 5.91 Å². The first-order valence-corrected chi connectivity index (χ1v) is 12.1. The van der Waals surface area contributed by atoms with Gasteiger partial charge in [0.15, 0.2) is 11.9 Å². The van der Waals surface area contributed by atoms with Crippen molar-refractivity contribution in [1.29, 1.82) is 0 Å². The summed E-state index contributed by atoms with van der Waals surface area (Å²) in [7, 11) is 0. The molecule has 0 unspecified atom stereocenters. The summed E-state index contributed by atoms with van der Waals surface area (Å²) in [6.07, 6.45) is 1.40. The summed E-state index contributed by atoms with van der Waals surface area (Å²) in [5.41, 5.74) is 0.0772. The lowest BCUT2D eigenvalue weighted by Gasteiger charge is -2.24. The summed E-state index contributed by atoms with van der Waals surface area (Å²) in [6.45, 7) is 3.16. The van der Waals surface area contributed by atoms with Gasteiger partial charge in [0.1, 0.15) is 17.9 Å².